The first-order valence-corrected chi connectivity index (χ1v) is 8.76. The molecule has 3 aliphatic rings. The van der Waals surface area contributed by atoms with Gasteiger partial charge in [-0.15, -0.1) is 0 Å². The molecule has 3 fully saturated rings. The Morgan fingerprint density at radius 2 is 1.85 bits per heavy atom. The van der Waals surface area contributed by atoms with Crippen molar-refractivity contribution < 1.29 is 4.79 Å². The number of carbonyl (C=O) groups is 1. The van der Waals surface area contributed by atoms with Gasteiger partial charge in [0.2, 0.25) is 5.91 Å². The molecule has 20 heavy (non-hydrogen) atoms. The molecule has 1 aliphatic carbocycles. The predicted octanol–water partition coefficient (Wildman–Crippen LogP) is 2.80. The molecule has 0 bridgehead atoms. The van der Waals surface area contributed by atoms with Gasteiger partial charge in [0.05, 0.1) is 0 Å². The number of rotatable bonds is 2. The van der Waals surface area contributed by atoms with Crippen LogP contribution in [-0.2, 0) is 4.79 Å². The summed E-state index contributed by atoms with van der Waals surface area (Å²) in [5.74, 6) is 2.70. The molecule has 0 aromatic heterocycles. The van der Waals surface area contributed by atoms with Crippen molar-refractivity contribution in [2.24, 2.45) is 17.8 Å². The van der Waals surface area contributed by atoms with Crippen molar-refractivity contribution in [1.29, 1.82) is 0 Å². The van der Waals surface area contributed by atoms with Crippen LogP contribution in [0.5, 0.6) is 0 Å². The van der Waals surface area contributed by atoms with E-state index < -0.39 is 0 Å². The van der Waals surface area contributed by atoms with Crippen LogP contribution in [-0.4, -0.2) is 36.5 Å². The normalized spacial score (nSPS) is 35.6. The predicted molar refractivity (Wildman–Crippen MR) is 81.5 cm³/mol. The summed E-state index contributed by atoms with van der Waals surface area (Å²) in [6.07, 6.45) is 9.70. The largest absolute Gasteiger partial charge is 0.339 e. The highest BCUT2D eigenvalue weighted by atomic mass is 16.2. The molecule has 2 heterocycles. The monoisotopic (exact) mass is 278 g/mol. The van der Waals surface area contributed by atoms with Crippen molar-refractivity contribution >= 4 is 5.91 Å². The van der Waals surface area contributed by atoms with Crippen molar-refractivity contribution in [2.45, 2.75) is 64.3 Å². The van der Waals surface area contributed by atoms with E-state index in [-0.39, 0.29) is 0 Å². The summed E-state index contributed by atoms with van der Waals surface area (Å²) in [7, 11) is 0. The van der Waals surface area contributed by atoms with Gasteiger partial charge >= 0.3 is 0 Å². The molecule has 0 aromatic rings. The fourth-order valence-electron chi connectivity index (χ4n) is 4.67. The van der Waals surface area contributed by atoms with Gasteiger partial charge in [0.1, 0.15) is 0 Å². The number of nitrogens with one attached hydrogen (secondary N) is 1. The van der Waals surface area contributed by atoms with Crippen LogP contribution in [0.15, 0.2) is 0 Å². The Labute approximate surface area is 123 Å². The van der Waals surface area contributed by atoms with E-state index in [1.807, 2.05) is 0 Å². The summed E-state index contributed by atoms with van der Waals surface area (Å²) in [6, 6.07) is 0.571. The molecule has 114 valence electrons. The summed E-state index contributed by atoms with van der Waals surface area (Å²) in [4.78, 5) is 15.0. The number of fused-ring (bicyclic) bond motifs is 1. The maximum absolute atomic E-state index is 12.7. The zero-order chi connectivity index (χ0) is 13.9. The number of hydrogen-bond acceptors (Lipinski definition) is 2. The van der Waals surface area contributed by atoms with Gasteiger partial charge in [0, 0.05) is 19.0 Å². The molecule has 3 heteroatoms. The number of nitrogens with zero attached hydrogens (tertiary/aromatic N) is 1. The zero-order valence-corrected chi connectivity index (χ0v) is 12.9. The Balaban J connectivity index is 1.61. The second-order valence-corrected chi connectivity index (χ2v) is 7.27. The third kappa shape index (κ3) is 3.03. The van der Waals surface area contributed by atoms with Crippen LogP contribution >= 0.6 is 0 Å². The Morgan fingerprint density at radius 1 is 1.10 bits per heavy atom. The fraction of sp³-hybridized carbons (Fsp3) is 0.941. The first-order chi connectivity index (χ1) is 9.75. The van der Waals surface area contributed by atoms with Crippen LogP contribution in [0.2, 0.25) is 0 Å². The van der Waals surface area contributed by atoms with Crippen LogP contribution in [0.1, 0.15) is 58.3 Å². The maximum Gasteiger partial charge on any atom is 0.223 e. The molecule has 3 rings (SSSR count). The summed E-state index contributed by atoms with van der Waals surface area (Å²) in [6.45, 7) is 5.62. The minimum absolute atomic E-state index is 0.459. The van der Waals surface area contributed by atoms with Gasteiger partial charge < -0.3 is 10.2 Å². The van der Waals surface area contributed by atoms with E-state index in [1.165, 1.54) is 44.9 Å². The van der Waals surface area contributed by atoms with Gasteiger partial charge in [-0.3, -0.25) is 4.79 Å². The van der Waals surface area contributed by atoms with Gasteiger partial charge in [-0.2, -0.15) is 0 Å². The fourth-order valence-corrected chi connectivity index (χ4v) is 4.67. The summed E-state index contributed by atoms with van der Waals surface area (Å²) < 4.78 is 0. The standard InChI is InChI=1S/C17H30N2O/c1-13-8-11-19(16-5-3-2-4-15(13)16)17(20)12-14-6-9-18-10-7-14/h13-16,18H,2-12H2,1H3. The zero-order valence-electron chi connectivity index (χ0n) is 12.9. The van der Waals surface area contributed by atoms with E-state index in [9.17, 15) is 4.79 Å². The molecule has 1 amide bonds. The molecule has 1 saturated carbocycles. The Kier molecular flexibility index (Phi) is 4.65. The van der Waals surface area contributed by atoms with E-state index in [0.29, 0.717) is 17.9 Å². The van der Waals surface area contributed by atoms with Gasteiger partial charge in [-0.25, -0.2) is 0 Å². The third-order valence-electron chi connectivity index (χ3n) is 5.98. The van der Waals surface area contributed by atoms with E-state index >= 15 is 0 Å². The summed E-state index contributed by atoms with van der Waals surface area (Å²) >= 11 is 0. The number of likely N-dealkylation sites (tertiary alicyclic amines) is 1. The smallest absolute Gasteiger partial charge is 0.223 e. The highest BCUT2D eigenvalue weighted by Gasteiger charge is 2.39. The first kappa shape index (κ1) is 14.4. The average molecular weight is 278 g/mol. The molecular formula is C17H30N2O. The van der Waals surface area contributed by atoms with Gasteiger partial charge in [-0.1, -0.05) is 19.8 Å². The molecule has 2 aliphatic heterocycles. The van der Waals surface area contributed by atoms with E-state index in [4.69, 9.17) is 0 Å². The Morgan fingerprint density at radius 3 is 2.65 bits per heavy atom. The summed E-state index contributed by atoms with van der Waals surface area (Å²) in [5, 5.41) is 3.39. The first-order valence-electron chi connectivity index (χ1n) is 8.76. The van der Waals surface area contributed by atoms with E-state index in [1.54, 1.807) is 0 Å². The van der Waals surface area contributed by atoms with Crippen LogP contribution in [0.25, 0.3) is 0 Å². The molecule has 0 aromatic carbocycles. The van der Waals surface area contributed by atoms with Crippen LogP contribution in [0, 0.1) is 17.8 Å². The van der Waals surface area contributed by atoms with Crippen molar-refractivity contribution in [1.82, 2.24) is 10.2 Å². The van der Waals surface area contributed by atoms with Crippen molar-refractivity contribution in [3.05, 3.63) is 0 Å². The van der Waals surface area contributed by atoms with Crippen molar-refractivity contribution in [2.75, 3.05) is 19.6 Å². The topological polar surface area (TPSA) is 32.3 Å². The third-order valence-corrected chi connectivity index (χ3v) is 5.98. The molecule has 1 N–H and O–H groups in total. The minimum Gasteiger partial charge on any atom is -0.339 e. The summed E-state index contributed by atoms with van der Waals surface area (Å²) in [5.41, 5.74) is 0. The molecule has 3 atom stereocenters. The van der Waals surface area contributed by atoms with Gasteiger partial charge in [0.15, 0.2) is 0 Å². The molecule has 3 unspecified atom stereocenters. The van der Waals surface area contributed by atoms with Crippen LogP contribution in [0.3, 0.4) is 0 Å². The quantitative estimate of drug-likeness (QED) is 0.842. The number of hydrogen-bond donors (Lipinski definition) is 1. The Bertz CT molecular complexity index is 338. The van der Waals surface area contributed by atoms with Crippen molar-refractivity contribution in [3.8, 4) is 0 Å². The molecule has 3 nitrogen and oxygen atoms in total. The SMILES string of the molecule is CC1CCN(C(=O)CC2CCNCC2)C2CCCCC12. The lowest BCUT2D eigenvalue weighted by atomic mass is 9.72. The molecule has 0 spiro atoms. The van der Waals surface area contributed by atoms with Gasteiger partial charge in [0.25, 0.3) is 0 Å². The molecule has 2 saturated heterocycles. The highest BCUT2D eigenvalue weighted by Crippen LogP contribution is 2.39. The molecule has 0 radical (unpaired) electrons. The number of piperidine rings is 2. The lowest BCUT2D eigenvalue weighted by Crippen LogP contribution is -2.52. The highest BCUT2D eigenvalue weighted by molar-refractivity contribution is 5.77. The Hall–Kier alpha value is -0.570. The average Bonchev–Trinajstić information content (AvgIpc) is 2.49. The van der Waals surface area contributed by atoms with Crippen LogP contribution < -0.4 is 5.32 Å². The van der Waals surface area contributed by atoms with Gasteiger partial charge in [-0.05, 0) is 62.9 Å². The molecular weight excluding hydrogens is 248 g/mol. The van der Waals surface area contributed by atoms with E-state index in [2.05, 4.69) is 17.1 Å². The second-order valence-electron chi connectivity index (χ2n) is 7.27. The lowest BCUT2D eigenvalue weighted by Gasteiger charge is -2.47. The van der Waals surface area contributed by atoms with E-state index in [0.717, 1.165) is 37.9 Å². The lowest BCUT2D eigenvalue weighted by molar-refractivity contribution is -0.140. The second kappa shape index (κ2) is 6.46. The number of amides is 1. The maximum atomic E-state index is 12.7. The minimum atomic E-state index is 0.459. The number of carbonyl (C=O) groups excluding carboxylic acids is 1. The van der Waals surface area contributed by atoms with Crippen LogP contribution in [0.4, 0.5) is 0 Å². The van der Waals surface area contributed by atoms with Crippen molar-refractivity contribution in [3.63, 3.8) is 0 Å².